The molecule has 0 aliphatic rings. The first kappa shape index (κ1) is 17.2. The number of hydrazine groups is 1. The molecule has 0 saturated carbocycles. The van der Waals surface area contributed by atoms with Crippen molar-refractivity contribution < 1.29 is 9.13 Å². The highest BCUT2D eigenvalue weighted by Gasteiger charge is 2.11. The highest BCUT2D eigenvalue weighted by Crippen LogP contribution is 2.22. The van der Waals surface area contributed by atoms with Crippen molar-refractivity contribution in [1.29, 1.82) is 0 Å². The van der Waals surface area contributed by atoms with Gasteiger partial charge >= 0.3 is 0 Å². The Hall–Kier alpha value is -3.68. The molecule has 0 aliphatic carbocycles. The van der Waals surface area contributed by atoms with Gasteiger partial charge in [0.05, 0.1) is 18.5 Å². The van der Waals surface area contributed by atoms with E-state index in [-0.39, 0.29) is 5.82 Å². The van der Waals surface area contributed by atoms with Gasteiger partial charge in [0.1, 0.15) is 29.4 Å². The van der Waals surface area contributed by atoms with Gasteiger partial charge in [-0.15, -0.1) is 0 Å². The molecule has 0 amide bonds. The zero-order chi connectivity index (χ0) is 18.5. The Morgan fingerprint density at radius 3 is 2.50 bits per heavy atom. The van der Waals surface area contributed by atoms with Crippen molar-refractivity contribution >= 4 is 17.2 Å². The van der Waals surface area contributed by atoms with E-state index >= 15 is 0 Å². The van der Waals surface area contributed by atoms with E-state index in [4.69, 9.17) is 16.2 Å². The molecule has 6 N–H and O–H groups in total. The van der Waals surface area contributed by atoms with Gasteiger partial charge < -0.3 is 27.1 Å². The number of hydrogen-bond donors (Lipinski definition) is 4. The summed E-state index contributed by atoms with van der Waals surface area (Å²) in [6, 6.07) is 13.3. The topological polar surface area (TPSA) is 103 Å². The van der Waals surface area contributed by atoms with Crippen LogP contribution in [0.25, 0.3) is 11.4 Å². The van der Waals surface area contributed by atoms with E-state index in [2.05, 4.69) is 15.8 Å². The Bertz CT molecular complexity index is 902. The van der Waals surface area contributed by atoms with Gasteiger partial charge in [-0.1, -0.05) is 0 Å². The lowest BCUT2D eigenvalue weighted by atomic mass is 10.3. The number of imidazole rings is 1. The second-order valence-corrected chi connectivity index (χ2v) is 5.42. The standard InChI is InChI=1S/C18H19FN6O/c1-26-15-8-6-14(7-9-15)25-11-22-17(18(25)21)16(20)10-23-24-13-4-2-12(19)3-5-13/h2-11,23-24H,20-21H2,1H3/b16-10-. The number of anilines is 2. The number of aromatic nitrogens is 2. The number of rotatable bonds is 6. The molecule has 26 heavy (non-hydrogen) atoms. The Balaban J connectivity index is 1.72. The van der Waals surface area contributed by atoms with Gasteiger partial charge in [-0.05, 0) is 48.5 Å². The number of halogens is 1. The lowest BCUT2D eigenvalue weighted by molar-refractivity contribution is 0.415. The molecule has 0 saturated heterocycles. The number of nitrogen functional groups attached to an aromatic ring is 1. The zero-order valence-corrected chi connectivity index (χ0v) is 14.1. The van der Waals surface area contributed by atoms with Gasteiger partial charge in [-0.3, -0.25) is 4.57 Å². The van der Waals surface area contributed by atoms with E-state index in [1.165, 1.54) is 18.3 Å². The SMILES string of the molecule is COc1ccc(-n2cnc(/C(N)=C/NNc3ccc(F)cc3)c2N)cc1. The minimum atomic E-state index is -0.303. The molecule has 7 nitrogen and oxygen atoms in total. The zero-order valence-electron chi connectivity index (χ0n) is 14.1. The number of nitrogens with zero attached hydrogens (tertiary/aromatic N) is 2. The molecule has 3 aromatic rings. The molecule has 134 valence electrons. The molecule has 8 heteroatoms. The number of methoxy groups -OCH3 is 1. The maximum Gasteiger partial charge on any atom is 0.137 e. The van der Waals surface area contributed by atoms with Crippen LogP contribution in [0.5, 0.6) is 5.75 Å². The Morgan fingerprint density at radius 2 is 1.85 bits per heavy atom. The molecule has 1 aromatic heterocycles. The van der Waals surface area contributed by atoms with Crippen LogP contribution in [0.4, 0.5) is 15.9 Å². The van der Waals surface area contributed by atoms with Crippen LogP contribution < -0.4 is 27.1 Å². The van der Waals surface area contributed by atoms with Crippen molar-refractivity contribution in [2.45, 2.75) is 0 Å². The smallest absolute Gasteiger partial charge is 0.137 e. The summed E-state index contributed by atoms with van der Waals surface area (Å²) in [6.45, 7) is 0. The van der Waals surface area contributed by atoms with Crippen molar-refractivity contribution in [2.24, 2.45) is 5.73 Å². The van der Waals surface area contributed by atoms with Crippen molar-refractivity contribution in [3.05, 3.63) is 72.6 Å². The fourth-order valence-corrected chi connectivity index (χ4v) is 2.33. The molecule has 0 unspecified atom stereocenters. The van der Waals surface area contributed by atoms with E-state index in [1.807, 2.05) is 24.3 Å². The second-order valence-electron chi connectivity index (χ2n) is 5.42. The molecule has 0 atom stereocenters. The van der Waals surface area contributed by atoms with Crippen molar-refractivity contribution in [3.8, 4) is 11.4 Å². The number of benzene rings is 2. The summed E-state index contributed by atoms with van der Waals surface area (Å²) in [5.41, 5.74) is 20.3. The Labute approximate surface area is 150 Å². The van der Waals surface area contributed by atoms with Crippen LogP contribution in [0, 0.1) is 5.82 Å². The average Bonchev–Trinajstić information content (AvgIpc) is 3.05. The highest BCUT2D eigenvalue weighted by atomic mass is 19.1. The first-order valence-electron chi connectivity index (χ1n) is 7.79. The van der Waals surface area contributed by atoms with Gasteiger partial charge in [-0.2, -0.15) is 0 Å². The van der Waals surface area contributed by atoms with Crippen LogP contribution in [0.3, 0.4) is 0 Å². The maximum atomic E-state index is 12.9. The number of nitrogens with two attached hydrogens (primary N) is 2. The van der Waals surface area contributed by atoms with E-state index in [1.54, 1.807) is 30.1 Å². The fraction of sp³-hybridized carbons (Fsp3) is 0.0556. The first-order valence-corrected chi connectivity index (χ1v) is 7.79. The quantitative estimate of drug-likeness (QED) is 0.507. The summed E-state index contributed by atoms with van der Waals surface area (Å²) in [4.78, 5) is 4.27. The summed E-state index contributed by atoms with van der Waals surface area (Å²) in [5, 5.41) is 0. The van der Waals surface area contributed by atoms with Gasteiger partial charge in [0.2, 0.25) is 0 Å². The lowest BCUT2D eigenvalue weighted by Gasteiger charge is -2.08. The predicted octanol–water partition coefficient (Wildman–Crippen LogP) is 2.48. The van der Waals surface area contributed by atoms with E-state index in [0.29, 0.717) is 22.9 Å². The van der Waals surface area contributed by atoms with Crippen molar-refractivity contribution in [3.63, 3.8) is 0 Å². The lowest BCUT2D eigenvalue weighted by Crippen LogP contribution is -2.17. The van der Waals surface area contributed by atoms with Crippen LogP contribution in [0.2, 0.25) is 0 Å². The number of nitrogens with one attached hydrogen (secondary N) is 2. The molecular formula is C18H19FN6O. The van der Waals surface area contributed by atoms with Crippen LogP contribution in [0.15, 0.2) is 61.1 Å². The Morgan fingerprint density at radius 1 is 1.15 bits per heavy atom. The van der Waals surface area contributed by atoms with E-state index < -0.39 is 0 Å². The summed E-state index contributed by atoms with van der Waals surface area (Å²) in [6.07, 6.45) is 3.13. The van der Waals surface area contributed by atoms with Gasteiger partial charge in [0.25, 0.3) is 0 Å². The normalized spacial score (nSPS) is 11.2. The largest absolute Gasteiger partial charge is 0.497 e. The molecule has 0 fully saturated rings. The molecule has 2 aromatic carbocycles. The summed E-state index contributed by atoms with van der Waals surface area (Å²) >= 11 is 0. The highest BCUT2D eigenvalue weighted by molar-refractivity contribution is 5.69. The third-order valence-corrected chi connectivity index (χ3v) is 3.72. The molecular weight excluding hydrogens is 335 g/mol. The molecule has 0 radical (unpaired) electrons. The van der Waals surface area contributed by atoms with Crippen LogP contribution in [0.1, 0.15) is 5.69 Å². The number of hydrogen-bond acceptors (Lipinski definition) is 6. The fourth-order valence-electron chi connectivity index (χ4n) is 2.33. The van der Waals surface area contributed by atoms with Gasteiger partial charge in [-0.25, -0.2) is 9.37 Å². The molecule has 0 aliphatic heterocycles. The monoisotopic (exact) mass is 354 g/mol. The average molecular weight is 354 g/mol. The second kappa shape index (κ2) is 7.47. The van der Waals surface area contributed by atoms with Crippen molar-refractivity contribution in [1.82, 2.24) is 15.0 Å². The van der Waals surface area contributed by atoms with Crippen LogP contribution >= 0.6 is 0 Å². The van der Waals surface area contributed by atoms with Crippen LogP contribution in [-0.2, 0) is 0 Å². The van der Waals surface area contributed by atoms with E-state index in [9.17, 15) is 4.39 Å². The van der Waals surface area contributed by atoms with Crippen LogP contribution in [-0.4, -0.2) is 16.7 Å². The predicted molar refractivity (Wildman–Crippen MR) is 99.9 cm³/mol. The maximum absolute atomic E-state index is 12.9. The molecule has 0 spiro atoms. The minimum Gasteiger partial charge on any atom is -0.497 e. The van der Waals surface area contributed by atoms with Gasteiger partial charge in [0.15, 0.2) is 0 Å². The van der Waals surface area contributed by atoms with Crippen molar-refractivity contribution in [2.75, 3.05) is 18.3 Å². The van der Waals surface area contributed by atoms with Gasteiger partial charge in [0, 0.05) is 11.9 Å². The molecule has 0 bridgehead atoms. The van der Waals surface area contributed by atoms with E-state index in [0.717, 1.165) is 11.4 Å². The molecule has 3 rings (SSSR count). The Kier molecular flexibility index (Phi) is 4.93. The summed E-state index contributed by atoms with van der Waals surface area (Å²) in [5.74, 6) is 0.859. The summed E-state index contributed by atoms with van der Waals surface area (Å²) in [7, 11) is 1.61. The first-order chi connectivity index (χ1) is 12.6. The number of ether oxygens (including phenoxy) is 1. The third-order valence-electron chi connectivity index (χ3n) is 3.72. The third kappa shape index (κ3) is 3.69. The minimum absolute atomic E-state index is 0.303. The summed E-state index contributed by atoms with van der Waals surface area (Å²) < 4.78 is 19.7. The molecule has 1 heterocycles.